The summed E-state index contributed by atoms with van der Waals surface area (Å²) in [7, 11) is 0. The van der Waals surface area contributed by atoms with Crippen LogP contribution < -0.4 is 0 Å². The molecule has 0 amide bonds. The molecule has 3 heteroatoms. The summed E-state index contributed by atoms with van der Waals surface area (Å²) in [6, 6.07) is 0. The molecule has 0 aromatic heterocycles. The molecule has 8 heavy (non-hydrogen) atoms. The topological polar surface area (TPSA) is 57.2 Å². The fourth-order valence-electron chi connectivity index (χ4n) is 0.339. The van der Waals surface area contributed by atoms with Crippen molar-refractivity contribution in [3.63, 3.8) is 0 Å². The second kappa shape index (κ2) is 3.43. The third kappa shape index (κ3) is 3.61. The van der Waals surface area contributed by atoms with Gasteiger partial charge in [0.05, 0.1) is 6.42 Å². The number of aliphatic carboxylic acids is 1. The molecule has 0 rings (SSSR count). The molecular weight excluding hydrogens is 108 g/mol. The average molecular weight is 117 g/mol. The van der Waals surface area contributed by atoms with Gasteiger partial charge in [-0.1, -0.05) is 6.92 Å². The molecule has 0 aromatic carbocycles. The first-order valence-electron chi connectivity index (χ1n) is 2.54. The van der Waals surface area contributed by atoms with E-state index in [0.29, 0.717) is 6.42 Å². The van der Waals surface area contributed by atoms with Crippen molar-refractivity contribution in [1.82, 2.24) is 0 Å². The van der Waals surface area contributed by atoms with Crippen LogP contribution in [0.2, 0.25) is 0 Å². The van der Waals surface area contributed by atoms with Crippen LogP contribution in [0.3, 0.4) is 0 Å². The maximum Gasteiger partial charge on any atom is 0.306 e. The fourth-order valence-corrected chi connectivity index (χ4v) is 0.339. The smallest absolute Gasteiger partial charge is 0.306 e. The van der Waals surface area contributed by atoms with Crippen molar-refractivity contribution >= 4 is 5.97 Å². The average Bonchev–Trinajstić information content (AvgIpc) is 1.65. The highest BCUT2D eigenvalue weighted by Gasteiger charge is 2.06. The van der Waals surface area contributed by atoms with Crippen LogP contribution in [-0.4, -0.2) is 17.2 Å². The first kappa shape index (κ1) is 7.43. The van der Waals surface area contributed by atoms with E-state index < -0.39 is 12.1 Å². The molecule has 0 bridgehead atoms. The summed E-state index contributed by atoms with van der Waals surface area (Å²) >= 11 is 0. The molecule has 1 N–H and O–H groups in total. The van der Waals surface area contributed by atoms with Gasteiger partial charge in [0.2, 0.25) is 0 Å². The van der Waals surface area contributed by atoms with Gasteiger partial charge < -0.3 is 5.11 Å². The number of carboxylic acids is 1. The molecule has 1 unspecified atom stereocenters. The largest absolute Gasteiger partial charge is 0.481 e. The maximum atomic E-state index is 10.3. The van der Waals surface area contributed by atoms with Crippen LogP contribution in [0.5, 0.6) is 0 Å². The molecule has 0 saturated heterocycles. The van der Waals surface area contributed by atoms with Gasteiger partial charge in [0.25, 0.3) is 0 Å². The van der Waals surface area contributed by atoms with Crippen LogP contribution in [0, 0.1) is 0 Å². The molecule has 0 saturated carbocycles. The van der Waals surface area contributed by atoms with E-state index >= 15 is 0 Å². The summed E-state index contributed by atoms with van der Waals surface area (Å²) < 4.78 is 0. The van der Waals surface area contributed by atoms with Gasteiger partial charge in [0, 0.05) is 0 Å². The number of carboxylic acid groups (broad SMARTS) is 1. The summed E-state index contributed by atoms with van der Waals surface area (Å²) in [6.07, 6.45) is -0.782. The summed E-state index contributed by atoms with van der Waals surface area (Å²) in [4.78, 5) is 9.77. The lowest BCUT2D eigenvalue weighted by Gasteiger charge is -1.96. The Morgan fingerprint density at radius 1 is 1.75 bits per heavy atom. The summed E-state index contributed by atoms with van der Waals surface area (Å²) in [5.41, 5.74) is 0. The van der Waals surface area contributed by atoms with Gasteiger partial charge in [0.1, 0.15) is 6.10 Å². The molecule has 0 spiro atoms. The molecule has 0 aliphatic rings. The van der Waals surface area contributed by atoms with E-state index in [4.69, 9.17) is 5.11 Å². The zero-order chi connectivity index (χ0) is 6.57. The van der Waals surface area contributed by atoms with Crippen molar-refractivity contribution < 1.29 is 15.0 Å². The molecule has 0 fully saturated rings. The Bertz CT molecular complexity index is 79.7. The molecular formula is C5H9O3. The second-order valence-corrected chi connectivity index (χ2v) is 1.63. The molecule has 3 nitrogen and oxygen atoms in total. The van der Waals surface area contributed by atoms with Gasteiger partial charge >= 0.3 is 5.97 Å². The Kier molecular flexibility index (Phi) is 3.19. The lowest BCUT2D eigenvalue weighted by molar-refractivity contribution is -0.140. The lowest BCUT2D eigenvalue weighted by atomic mass is 10.2. The number of carbonyl (C=O) groups is 1. The first-order valence-corrected chi connectivity index (χ1v) is 2.54. The Labute approximate surface area is 47.9 Å². The predicted molar refractivity (Wildman–Crippen MR) is 27.0 cm³/mol. The van der Waals surface area contributed by atoms with E-state index in [-0.39, 0.29) is 6.42 Å². The summed E-state index contributed by atoms with van der Waals surface area (Å²) in [5.74, 6) is -1.01. The van der Waals surface area contributed by atoms with Crippen LogP contribution in [0.15, 0.2) is 0 Å². The van der Waals surface area contributed by atoms with Crippen LogP contribution in [-0.2, 0) is 9.90 Å². The minimum atomic E-state index is -1.01. The van der Waals surface area contributed by atoms with E-state index in [1.54, 1.807) is 6.92 Å². The van der Waals surface area contributed by atoms with E-state index in [0.717, 1.165) is 0 Å². The molecule has 0 heterocycles. The van der Waals surface area contributed by atoms with Crippen LogP contribution in [0.1, 0.15) is 19.8 Å². The van der Waals surface area contributed by atoms with Crippen molar-refractivity contribution in [2.75, 3.05) is 0 Å². The maximum absolute atomic E-state index is 10.3. The minimum Gasteiger partial charge on any atom is -0.481 e. The highest BCUT2D eigenvalue weighted by atomic mass is 16.4. The van der Waals surface area contributed by atoms with Crippen LogP contribution >= 0.6 is 0 Å². The number of hydrogen-bond donors (Lipinski definition) is 1. The van der Waals surface area contributed by atoms with E-state index in [1.165, 1.54) is 0 Å². The molecule has 47 valence electrons. The Morgan fingerprint density at radius 2 is 2.25 bits per heavy atom. The minimum absolute atomic E-state index is 0.253. The zero-order valence-corrected chi connectivity index (χ0v) is 4.76. The monoisotopic (exact) mass is 117 g/mol. The van der Waals surface area contributed by atoms with Gasteiger partial charge in [-0.25, -0.2) is 5.11 Å². The third-order valence-electron chi connectivity index (χ3n) is 0.858. The standard InChI is InChI=1S/C5H9O3/c1-2-4(6)3-5(7)8/h4H,2-3H2,1H3,(H,7,8). The second-order valence-electron chi connectivity index (χ2n) is 1.63. The molecule has 0 aliphatic carbocycles. The van der Waals surface area contributed by atoms with Crippen molar-refractivity contribution in [2.24, 2.45) is 0 Å². The van der Waals surface area contributed by atoms with Crippen molar-refractivity contribution in [3.8, 4) is 0 Å². The highest BCUT2D eigenvalue weighted by Crippen LogP contribution is 1.95. The Hall–Kier alpha value is -0.570. The van der Waals surface area contributed by atoms with Gasteiger partial charge in [-0.2, -0.15) is 0 Å². The number of rotatable bonds is 3. The van der Waals surface area contributed by atoms with Gasteiger partial charge in [-0.3, -0.25) is 4.79 Å². The van der Waals surface area contributed by atoms with Crippen molar-refractivity contribution in [1.29, 1.82) is 0 Å². The normalized spacial score (nSPS) is 13.2. The summed E-state index contributed by atoms with van der Waals surface area (Å²) in [5, 5.41) is 18.3. The quantitative estimate of drug-likeness (QED) is 0.590. The number of hydrogen-bond acceptors (Lipinski definition) is 1. The highest BCUT2D eigenvalue weighted by molar-refractivity contribution is 5.67. The van der Waals surface area contributed by atoms with Gasteiger partial charge in [-0.05, 0) is 6.42 Å². The van der Waals surface area contributed by atoms with E-state index in [9.17, 15) is 9.90 Å². The van der Waals surface area contributed by atoms with Gasteiger partial charge in [0.15, 0.2) is 0 Å². The van der Waals surface area contributed by atoms with Crippen molar-refractivity contribution in [3.05, 3.63) is 0 Å². The molecule has 0 aromatic rings. The predicted octanol–water partition coefficient (Wildman–Crippen LogP) is 0.670. The molecule has 1 radical (unpaired) electrons. The van der Waals surface area contributed by atoms with Crippen LogP contribution in [0.4, 0.5) is 0 Å². The van der Waals surface area contributed by atoms with Gasteiger partial charge in [-0.15, -0.1) is 0 Å². The first-order chi connectivity index (χ1) is 3.66. The Balaban J connectivity index is 3.24. The molecule has 1 atom stereocenters. The van der Waals surface area contributed by atoms with E-state index in [1.807, 2.05) is 0 Å². The van der Waals surface area contributed by atoms with Crippen molar-refractivity contribution in [2.45, 2.75) is 25.9 Å². The zero-order valence-electron chi connectivity index (χ0n) is 4.76. The summed E-state index contributed by atoms with van der Waals surface area (Å²) in [6.45, 7) is 1.68. The lowest BCUT2D eigenvalue weighted by Crippen LogP contribution is -2.09. The van der Waals surface area contributed by atoms with E-state index in [2.05, 4.69) is 0 Å². The Morgan fingerprint density at radius 3 is 2.38 bits per heavy atom. The molecule has 0 aliphatic heterocycles. The van der Waals surface area contributed by atoms with Crippen LogP contribution in [0.25, 0.3) is 0 Å². The SMILES string of the molecule is CCC([O])CC(=O)O. The third-order valence-corrected chi connectivity index (χ3v) is 0.858. The fraction of sp³-hybridized carbons (Fsp3) is 0.800.